The van der Waals surface area contributed by atoms with Gasteiger partial charge >= 0.3 is 6.18 Å². The third-order valence-electron chi connectivity index (χ3n) is 5.62. The monoisotopic (exact) mass is 484 g/mol. The zero-order chi connectivity index (χ0) is 25.2. The summed E-state index contributed by atoms with van der Waals surface area (Å²) in [5.74, 6) is 0.169. The molecule has 182 valence electrons. The van der Waals surface area contributed by atoms with Crippen LogP contribution in [0.4, 0.5) is 18.9 Å². The van der Waals surface area contributed by atoms with Crippen LogP contribution in [0.25, 0.3) is 0 Å². The Morgan fingerprint density at radius 3 is 2.63 bits per heavy atom. The first-order chi connectivity index (χ1) is 16.7. The van der Waals surface area contributed by atoms with E-state index in [0.29, 0.717) is 33.9 Å². The Balaban J connectivity index is 1.58. The number of ether oxygens (including phenoxy) is 2. The van der Waals surface area contributed by atoms with Crippen LogP contribution in [0.2, 0.25) is 0 Å². The average Bonchev–Trinajstić information content (AvgIpc) is 2.94. The molecule has 0 saturated heterocycles. The van der Waals surface area contributed by atoms with Gasteiger partial charge < -0.3 is 19.7 Å². The lowest BCUT2D eigenvalue weighted by Crippen LogP contribution is -2.37. The maximum absolute atomic E-state index is 13.1. The van der Waals surface area contributed by atoms with Crippen molar-refractivity contribution in [3.63, 3.8) is 0 Å². The van der Waals surface area contributed by atoms with Gasteiger partial charge in [0.2, 0.25) is 0 Å². The fourth-order valence-corrected chi connectivity index (χ4v) is 3.91. The van der Waals surface area contributed by atoms with Gasteiger partial charge in [-0.15, -0.1) is 0 Å². The predicted molar refractivity (Wildman–Crippen MR) is 123 cm³/mol. The van der Waals surface area contributed by atoms with E-state index in [-0.39, 0.29) is 24.9 Å². The van der Waals surface area contributed by atoms with Gasteiger partial charge in [-0.1, -0.05) is 24.3 Å². The number of anilines is 1. The zero-order valence-electron chi connectivity index (χ0n) is 19.1. The fourth-order valence-electron chi connectivity index (χ4n) is 3.91. The number of fused-ring (bicyclic) bond motifs is 1. The van der Waals surface area contributed by atoms with Crippen LogP contribution in [0.1, 0.15) is 34.0 Å². The van der Waals surface area contributed by atoms with E-state index in [1.807, 2.05) is 0 Å². The number of halogens is 3. The van der Waals surface area contributed by atoms with Crippen molar-refractivity contribution in [2.45, 2.75) is 32.3 Å². The van der Waals surface area contributed by atoms with E-state index < -0.39 is 17.8 Å². The molecule has 0 spiro atoms. The molecule has 35 heavy (non-hydrogen) atoms. The van der Waals surface area contributed by atoms with Gasteiger partial charge in [0.15, 0.2) is 6.10 Å². The van der Waals surface area contributed by atoms with Gasteiger partial charge in [-0.2, -0.15) is 13.2 Å². The van der Waals surface area contributed by atoms with Crippen molar-refractivity contribution in [2.24, 2.45) is 0 Å². The molecule has 6 nitrogen and oxygen atoms in total. The molecule has 1 aliphatic rings. The van der Waals surface area contributed by atoms with E-state index in [1.165, 1.54) is 18.1 Å². The molecule has 0 aliphatic carbocycles. The molecule has 3 aromatic rings. The molecule has 0 fully saturated rings. The number of rotatable bonds is 5. The number of carbonyl (C=O) groups is 2. The number of nitrogens with zero attached hydrogens (tertiary/aromatic N) is 1. The summed E-state index contributed by atoms with van der Waals surface area (Å²) < 4.78 is 50.4. The second-order valence-electron chi connectivity index (χ2n) is 8.13. The van der Waals surface area contributed by atoms with Gasteiger partial charge in [-0.25, -0.2) is 0 Å². The Morgan fingerprint density at radius 1 is 1.11 bits per heavy atom. The number of amides is 2. The van der Waals surface area contributed by atoms with Crippen LogP contribution in [0.15, 0.2) is 66.7 Å². The molecule has 0 bridgehead atoms. The number of hydrogen-bond acceptors (Lipinski definition) is 4. The van der Waals surface area contributed by atoms with Crippen LogP contribution in [0.5, 0.6) is 11.5 Å². The van der Waals surface area contributed by atoms with Crippen molar-refractivity contribution in [1.82, 2.24) is 4.90 Å². The third kappa shape index (κ3) is 5.40. The molecule has 1 heterocycles. The third-order valence-corrected chi connectivity index (χ3v) is 5.62. The number of hydrogen-bond donors (Lipinski definition) is 1. The van der Waals surface area contributed by atoms with Crippen LogP contribution in [0, 0.1) is 0 Å². The van der Waals surface area contributed by atoms with E-state index in [1.54, 1.807) is 55.5 Å². The lowest BCUT2D eigenvalue weighted by Gasteiger charge is -2.23. The number of para-hydroxylation sites is 1. The maximum atomic E-state index is 13.1. The van der Waals surface area contributed by atoms with Crippen molar-refractivity contribution in [2.75, 3.05) is 12.4 Å². The van der Waals surface area contributed by atoms with Crippen LogP contribution < -0.4 is 14.8 Å². The van der Waals surface area contributed by atoms with E-state index >= 15 is 0 Å². The Morgan fingerprint density at radius 2 is 1.89 bits per heavy atom. The molecule has 1 N–H and O–H groups in total. The van der Waals surface area contributed by atoms with E-state index in [2.05, 4.69) is 5.32 Å². The minimum absolute atomic E-state index is 0.0201. The Bertz CT molecular complexity index is 1260. The summed E-state index contributed by atoms with van der Waals surface area (Å²) >= 11 is 0. The molecular weight excluding hydrogens is 461 g/mol. The first-order valence-corrected chi connectivity index (χ1v) is 10.8. The molecule has 4 rings (SSSR count). The molecule has 0 saturated carbocycles. The molecular formula is C26H23F3N2O4. The molecule has 1 atom stereocenters. The highest BCUT2D eigenvalue weighted by molar-refractivity contribution is 6.06. The van der Waals surface area contributed by atoms with Crippen molar-refractivity contribution in [1.29, 1.82) is 0 Å². The molecule has 0 aromatic heterocycles. The normalized spacial score (nSPS) is 15.6. The summed E-state index contributed by atoms with van der Waals surface area (Å²) in [5.41, 5.74) is 1.03. The number of benzene rings is 3. The number of carbonyl (C=O) groups excluding carboxylic acids is 2. The Hall–Kier alpha value is -4.01. The first kappa shape index (κ1) is 24.1. The SMILES string of the molecule is COc1ccccc1C(=O)Nc1ccc2c(c1)CN(Cc1cccc(C(F)(F)F)c1)C(=O)C(C)O2. The fraction of sp³-hybridized carbons (Fsp3) is 0.231. The molecule has 9 heteroatoms. The predicted octanol–water partition coefficient (Wildman–Crippen LogP) is 5.28. The van der Waals surface area contributed by atoms with Crippen LogP contribution >= 0.6 is 0 Å². The van der Waals surface area contributed by atoms with Gasteiger partial charge in [0.25, 0.3) is 11.8 Å². The first-order valence-electron chi connectivity index (χ1n) is 10.8. The van der Waals surface area contributed by atoms with Crippen molar-refractivity contribution < 1.29 is 32.2 Å². The molecule has 0 radical (unpaired) electrons. The minimum atomic E-state index is -4.48. The molecule has 3 aromatic carbocycles. The summed E-state index contributed by atoms with van der Waals surface area (Å²) in [6.07, 6.45) is -5.30. The minimum Gasteiger partial charge on any atom is -0.496 e. The van der Waals surface area contributed by atoms with E-state index in [9.17, 15) is 22.8 Å². The van der Waals surface area contributed by atoms with E-state index in [4.69, 9.17) is 9.47 Å². The van der Waals surface area contributed by atoms with E-state index in [0.717, 1.165) is 12.1 Å². The van der Waals surface area contributed by atoms with Gasteiger partial charge in [0.1, 0.15) is 11.5 Å². The van der Waals surface area contributed by atoms with Crippen molar-refractivity contribution in [3.8, 4) is 11.5 Å². The van der Waals surface area contributed by atoms with Gasteiger partial charge in [-0.3, -0.25) is 9.59 Å². The van der Waals surface area contributed by atoms with Crippen molar-refractivity contribution >= 4 is 17.5 Å². The highest BCUT2D eigenvalue weighted by Gasteiger charge is 2.32. The van der Waals surface area contributed by atoms with Gasteiger partial charge in [-0.05, 0) is 55.0 Å². The Labute approximate surface area is 200 Å². The number of nitrogens with one attached hydrogen (secondary N) is 1. The summed E-state index contributed by atoms with van der Waals surface area (Å²) in [4.78, 5) is 27.1. The summed E-state index contributed by atoms with van der Waals surface area (Å²) in [5, 5.41) is 2.81. The number of methoxy groups -OCH3 is 1. The standard InChI is InChI=1S/C26H23F3N2O4/c1-16-25(33)31(14-17-6-5-7-19(12-17)26(27,28)29)15-18-13-20(10-11-22(18)35-16)30-24(32)21-8-3-4-9-23(21)34-2/h3-13,16H,14-15H2,1-2H3,(H,30,32). The smallest absolute Gasteiger partial charge is 0.416 e. The average molecular weight is 484 g/mol. The van der Waals surface area contributed by atoms with Gasteiger partial charge in [0, 0.05) is 24.3 Å². The molecule has 1 unspecified atom stereocenters. The lowest BCUT2D eigenvalue weighted by molar-refractivity contribution is -0.138. The van der Waals surface area contributed by atoms with Crippen LogP contribution in [-0.2, 0) is 24.1 Å². The van der Waals surface area contributed by atoms with Crippen molar-refractivity contribution in [3.05, 3.63) is 89.0 Å². The summed E-state index contributed by atoms with van der Waals surface area (Å²) in [6, 6.07) is 16.7. The summed E-state index contributed by atoms with van der Waals surface area (Å²) in [6.45, 7) is 1.68. The number of alkyl halides is 3. The largest absolute Gasteiger partial charge is 0.496 e. The highest BCUT2D eigenvalue weighted by Crippen LogP contribution is 2.32. The molecule has 1 aliphatic heterocycles. The Kier molecular flexibility index (Phi) is 6.68. The second kappa shape index (κ2) is 9.69. The zero-order valence-corrected chi connectivity index (χ0v) is 19.1. The maximum Gasteiger partial charge on any atom is 0.416 e. The quantitative estimate of drug-likeness (QED) is 0.536. The lowest BCUT2D eigenvalue weighted by atomic mass is 10.1. The molecule has 2 amide bonds. The van der Waals surface area contributed by atoms with Gasteiger partial charge in [0.05, 0.1) is 18.2 Å². The van der Waals surface area contributed by atoms with Crippen LogP contribution in [-0.4, -0.2) is 29.9 Å². The van der Waals surface area contributed by atoms with Crippen LogP contribution in [0.3, 0.4) is 0 Å². The topological polar surface area (TPSA) is 67.9 Å². The highest BCUT2D eigenvalue weighted by atomic mass is 19.4. The second-order valence-corrected chi connectivity index (χ2v) is 8.13. The summed E-state index contributed by atoms with van der Waals surface area (Å²) in [7, 11) is 1.48.